The van der Waals surface area contributed by atoms with Crippen molar-refractivity contribution in [3.8, 4) is 0 Å². The number of aliphatic hydroxyl groups is 1. The second-order valence-electron chi connectivity index (χ2n) is 9.37. The highest BCUT2D eigenvalue weighted by molar-refractivity contribution is 5.96. The number of aliphatic hydroxyl groups excluding tert-OH is 1. The summed E-state index contributed by atoms with van der Waals surface area (Å²) in [6.45, 7) is 5.46. The van der Waals surface area contributed by atoms with Gasteiger partial charge >= 0.3 is 5.97 Å². The largest absolute Gasteiger partial charge is 0.507 e. The summed E-state index contributed by atoms with van der Waals surface area (Å²) < 4.78 is 5.87. The van der Waals surface area contributed by atoms with Crippen LogP contribution in [0.15, 0.2) is 90.2 Å². The Morgan fingerprint density at radius 2 is 1.72 bits per heavy atom. The molecule has 36 heavy (non-hydrogen) atoms. The lowest BCUT2D eigenvalue weighted by Crippen LogP contribution is -2.25. The Kier molecular flexibility index (Phi) is 5.88. The van der Waals surface area contributed by atoms with E-state index in [0.717, 1.165) is 33.3 Å². The number of esters is 1. The summed E-state index contributed by atoms with van der Waals surface area (Å²) in [5.41, 5.74) is 3.94. The van der Waals surface area contributed by atoms with Crippen LogP contribution >= 0.6 is 0 Å². The molecule has 1 aliphatic rings. The van der Waals surface area contributed by atoms with Crippen LogP contribution in [0.1, 0.15) is 47.7 Å². The summed E-state index contributed by atoms with van der Waals surface area (Å²) in [5, 5.41) is 15.5. The predicted octanol–water partition coefficient (Wildman–Crippen LogP) is 5.53. The van der Waals surface area contributed by atoms with Crippen LogP contribution in [-0.4, -0.2) is 22.0 Å². The van der Waals surface area contributed by atoms with E-state index in [2.05, 4.69) is 10.3 Å². The molecular formula is C30H28N2O4. The molecule has 2 atom stereocenters. The highest BCUT2D eigenvalue weighted by Gasteiger charge is 2.49. The van der Waals surface area contributed by atoms with Gasteiger partial charge in [0.25, 0.3) is 0 Å². The van der Waals surface area contributed by atoms with Crippen LogP contribution < -0.4 is 5.32 Å². The van der Waals surface area contributed by atoms with Crippen molar-refractivity contribution in [2.75, 3.05) is 0 Å². The molecule has 6 heteroatoms. The van der Waals surface area contributed by atoms with Gasteiger partial charge in [0.15, 0.2) is 11.4 Å². The Bertz CT molecular complexity index is 1490. The average Bonchev–Trinajstić information content (AvgIpc) is 3.33. The maximum atomic E-state index is 13.5. The van der Waals surface area contributed by atoms with Gasteiger partial charge in [-0.05, 0) is 31.0 Å². The molecule has 0 saturated carbocycles. The van der Waals surface area contributed by atoms with Crippen molar-refractivity contribution in [2.45, 2.75) is 38.8 Å². The van der Waals surface area contributed by atoms with E-state index in [1.165, 1.54) is 6.92 Å². The number of aromatic nitrogens is 1. The van der Waals surface area contributed by atoms with Crippen molar-refractivity contribution in [3.63, 3.8) is 0 Å². The number of aryl methyl sites for hydroxylation is 1. The van der Waals surface area contributed by atoms with Crippen molar-refractivity contribution in [3.05, 3.63) is 118 Å². The second kappa shape index (κ2) is 9.04. The van der Waals surface area contributed by atoms with Crippen LogP contribution in [0.4, 0.5) is 0 Å². The van der Waals surface area contributed by atoms with E-state index < -0.39 is 17.5 Å². The Balaban J connectivity index is 1.77. The Morgan fingerprint density at radius 1 is 1.06 bits per heavy atom. The first-order chi connectivity index (χ1) is 17.3. The number of aromatic amines is 1. The fraction of sp³-hybridized carbons (Fsp3) is 0.200. The molecule has 0 radical (unpaired) electrons. The van der Waals surface area contributed by atoms with Gasteiger partial charge in [0.05, 0.1) is 11.5 Å². The molecule has 5 rings (SSSR count). The lowest BCUT2D eigenvalue weighted by molar-refractivity contribution is -0.147. The summed E-state index contributed by atoms with van der Waals surface area (Å²) >= 11 is 0. The fourth-order valence-corrected chi connectivity index (χ4v) is 5.01. The van der Waals surface area contributed by atoms with Gasteiger partial charge in [0.1, 0.15) is 0 Å². The number of fused-ring (bicyclic) bond motifs is 1. The number of H-pyrrole nitrogens is 1. The minimum absolute atomic E-state index is 0.118. The summed E-state index contributed by atoms with van der Waals surface area (Å²) in [6.07, 6.45) is 0. The van der Waals surface area contributed by atoms with Gasteiger partial charge < -0.3 is 20.1 Å². The maximum Gasteiger partial charge on any atom is 0.339 e. The molecule has 4 aromatic rings. The molecule has 0 aliphatic carbocycles. The Morgan fingerprint density at radius 3 is 2.39 bits per heavy atom. The predicted molar refractivity (Wildman–Crippen MR) is 138 cm³/mol. The zero-order valence-electron chi connectivity index (χ0n) is 20.5. The molecule has 0 bridgehead atoms. The number of ether oxygens (including phenoxy) is 1. The van der Waals surface area contributed by atoms with Gasteiger partial charge in [-0.15, -0.1) is 0 Å². The first kappa shape index (κ1) is 23.4. The van der Waals surface area contributed by atoms with Crippen LogP contribution in [0.3, 0.4) is 0 Å². The van der Waals surface area contributed by atoms with Gasteiger partial charge in [0, 0.05) is 41.2 Å². The van der Waals surface area contributed by atoms with Gasteiger partial charge in [0.2, 0.25) is 5.91 Å². The number of nitrogens with one attached hydrogen (secondary N) is 2. The molecule has 3 aromatic carbocycles. The first-order valence-corrected chi connectivity index (χ1v) is 11.9. The Hall–Kier alpha value is -4.32. The summed E-state index contributed by atoms with van der Waals surface area (Å²) in [4.78, 5) is 28.8. The van der Waals surface area contributed by atoms with Crippen LogP contribution in [0, 0.1) is 6.92 Å². The van der Waals surface area contributed by atoms with Gasteiger partial charge in [-0.1, -0.05) is 72.8 Å². The highest BCUT2D eigenvalue weighted by atomic mass is 16.6. The lowest BCUT2D eigenvalue weighted by atomic mass is 9.83. The zero-order valence-corrected chi connectivity index (χ0v) is 20.5. The number of hydrogen-bond acceptors (Lipinski definition) is 4. The monoisotopic (exact) mass is 480 g/mol. The van der Waals surface area contributed by atoms with E-state index in [1.54, 1.807) is 6.92 Å². The molecule has 6 nitrogen and oxygen atoms in total. The van der Waals surface area contributed by atoms with Crippen LogP contribution in [0.5, 0.6) is 0 Å². The maximum absolute atomic E-state index is 13.5. The number of rotatable bonds is 6. The van der Waals surface area contributed by atoms with Crippen molar-refractivity contribution in [1.29, 1.82) is 0 Å². The van der Waals surface area contributed by atoms with Gasteiger partial charge in [-0.2, -0.15) is 0 Å². The molecule has 0 saturated heterocycles. The zero-order chi connectivity index (χ0) is 25.4. The number of benzene rings is 3. The molecule has 1 unspecified atom stereocenters. The van der Waals surface area contributed by atoms with E-state index in [1.807, 2.05) is 85.8 Å². The number of amides is 1. The summed E-state index contributed by atoms with van der Waals surface area (Å²) in [7, 11) is 0. The van der Waals surface area contributed by atoms with E-state index in [4.69, 9.17) is 4.74 Å². The molecule has 1 amide bonds. The van der Waals surface area contributed by atoms with E-state index >= 15 is 0 Å². The lowest BCUT2D eigenvalue weighted by Gasteiger charge is -2.24. The quantitative estimate of drug-likeness (QED) is 0.317. The van der Waals surface area contributed by atoms with Gasteiger partial charge in [-0.3, -0.25) is 4.79 Å². The smallest absolute Gasteiger partial charge is 0.339 e. The van der Waals surface area contributed by atoms with Crippen LogP contribution in [-0.2, 0) is 26.5 Å². The van der Waals surface area contributed by atoms with E-state index in [0.29, 0.717) is 5.56 Å². The minimum Gasteiger partial charge on any atom is -0.507 e. The highest BCUT2D eigenvalue weighted by Crippen LogP contribution is 2.47. The van der Waals surface area contributed by atoms with Crippen LogP contribution in [0.25, 0.3) is 10.9 Å². The van der Waals surface area contributed by atoms with E-state index in [-0.39, 0.29) is 23.8 Å². The first-order valence-electron chi connectivity index (χ1n) is 11.9. The fourth-order valence-electron chi connectivity index (χ4n) is 5.01. The summed E-state index contributed by atoms with van der Waals surface area (Å²) in [6, 6.07) is 24.9. The number of carbonyl (C=O) groups is 2. The molecule has 2 heterocycles. The summed E-state index contributed by atoms with van der Waals surface area (Å²) in [5.74, 6) is -1.49. The normalized spacial score (nSPS) is 18.4. The third-order valence-electron chi connectivity index (χ3n) is 6.87. The topological polar surface area (TPSA) is 91.4 Å². The standard InChI is InChI=1S/C30H28N2O4/c1-18-14-15-22-23(17-31-19(2)33)27(32-24(22)16-18)25(20-10-6-4-7-11-20)26-28(34)30(3,36-29(26)35)21-12-8-5-9-13-21/h4-16,25,32,34H,17H2,1-3H3,(H,31,33)/t25?,30-/m0/s1. The number of cyclic esters (lactones) is 1. The number of carbonyl (C=O) groups excluding carboxylic acids is 2. The average molecular weight is 481 g/mol. The van der Waals surface area contributed by atoms with Crippen molar-refractivity contribution >= 4 is 22.8 Å². The molecule has 3 N–H and O–H groups in total. The second-order valence-corrected chi connectivity index (χ2v) is 9.37. The van der Waals surface area contributed by atoms with Gasteiger partial charge in [-0.25, -0.2) is 4.79 Å². The van der Waals surface area contributed by atoms with Crippen LogP contribution in [0.2, 0.25) is 0 Å². The molecule has 0 spiro atoms. The molecule has 182 valence electrons. The third-order valence-corrected chi connectivity index (χ3v) is 6.87. The third kappa shape index (κ3) is 3.94. The van der Waals surface area contributed by atoms with Crippen molar-refractivity contribution in [1.82, 2.24) is 10.3 Å². The minimum atomic E-state index is -1.30. The molecular weight excluding hydrogens is 452 g/mol. The molecule has 0 fully saturated rings. The molecule has 1 aromatic heterocycles. The van der Waals surface area contributed by atoms with Crippen molar-refractivity contribution in [2.24, 2.45) is 0 Å². The van der Waals surface area contributed by atoms with Crippen molar-refractivity contribution < 1.29 is 19.4 Å². The van der Waals surface area contributed by atoms with E-state index in [9.17, 15) is 14.7 Å². The Labute approximate surface area is 209 Å². The molecule has 1 aliphatic heterocycles. The number of hydrogen-bond donors (Lipinski definition) is 3. The SMILES string of the molecule is CC(=O)NCc1c(C(C2=C(O)[C@](C)(c3ccccc3)OC2=O)c2ccccc2)[nH]c2cc(C)ccc12.